The summed E-state index contributed by atoms with van der Waals surface area (Å²) in [6.07, 6.45) is 1.48. The SMILES string of the molecule is C=CCN(CCOC)S(=O)(=O)c1cc(C#N)ccc1Cl. The number of sulfonamides is 1. The molecule has 0 N–H and O–H groups in total. The third-order valence-electron chi connectivity index (χ3n) is 2.56. The lowest BCUT2D eigenvalue weighted by molar-refractivity contribution is 0.182. The minimum Gasteiger partial charge on any atom is -0.383 e. The van der Waals surface area contributed by atoms with Gasteiger partial charge in [0.25, 0.3) is 0 Å². The Balaban J connectivity index is 3.25. The van der Waals surface area contributed by atoms with Crippen molar-refractivity contribution in [1.29, 1.82) is 5.26 Å². The summed E-state index contributed by atoms with van der Waals surface area (Å²) in [6.45, 7) is 4.11. The Morgan fingerprint density at radius 1 is 1.55 bits per heavy atom. The molecule has 5 nitrogen and oxygen atoms in total. The Hall–Kier alpha value is -1.39. The summed E-state index contributed by atoms with van der Waals surface area (Å²) >= 11 is 5.94. The molecule has 0 aliphatic rings. The second-order valence-corrected chi connectivity index (χ2v) is 6.22. The van der Waals surface area contributed by atoms with Crippen LogP contribution in [0, 0.1) is 11.3 Å². The zero-order valence-corrected chi connectivity index (χ0v) is 12.6. The van der Waals surface area contributed by atoms with Gasteiger partial charge in [0, 0.05) is 20.2 Å². The largest absolute Gasteiger partial charge is 0.383 e. The van der Waals surface area contributed by atoms with E-state index in [1.807, 2.05) is 6.07 Å². The highest BCUT2D eigenvalue weighted by atomic mass is 35.5. The molecule has 0 unspecified atom stereocenters. The molecule has 0 saturated carbocycles. The molecule has 1 aromatic rings. The van der Waals surface area contributed by atoms with E-state index in [2.05, 4.69) is 6.58 Å². The van der Waals surface area contributed by atoms with Gasteiger partial charge in [0.05, 0.1) is 23.3 Å². The molecule has 0 fully saturated rings. The van der Waals surface area contributed by atoms with Crippen LogP contribution >= 0.6 is 11.6 Å². The van der Waals surface area contributed by atoms with Crippen molar-refractivity contribution in [3.05, 3.63) is 41.4 Å². The smallest absolute Gasteiger partial charge is 0.244 e. The van der Waals surface area contributed by atoms with Crippen LogP contribution in [0.1, 0.15) is 5.56 Å². The normalized spacial score (nSPS) is 11.3. The van der Waals surface area contributed by atoms with Crippen molar-refractivity contribution in [3.8, 4) is 6.07 Å². The maximum absolute atomic E-state index is 12.5. The molecule has 7 heteroatoms. The van der Waals surface area contributed by atoms with Crippen LogP contribution in [0.15, 0.2) is 35.7 Å². The summed E-state index contributed by atoms with van der Waals surface area (Å²) in [4.78, 5) is -0.0869. The van der Waals surface area contributed by atoms with Crippen LogP contribution in [0.5, 0.6) is 0 Å². The first-order valence-corrected chi connectivity index (χ1v) is 7.58. The Kier molecular flexibility index (Phi) is 6.17. The first-order valence-electron chi connectivity index (χ1n) is 5.77. The zero-order chi connectivity index (χ0) is 15.2. The van der Waals surface area contributed by atoms with Crippen LogP contribution in [0.25, 0.3) is 0 Å². The number of hydrogen-bond donors (Lipinski definition) is 0. The van der Waals surface area contributed by atoms with Gasteiger partial charge in [-0.15, -0.1) is 6.58 Å². The second kappa shape index (κ2) is 7.41. The highest BCUT2D eigenvalue weighted by molar-refractivity contribution is 7.89. The van der Waals surface area contributed by atoms with Crippen molar-refractivity contribution in [2.24, 2.45) is 0 Å². The van der Waals surface area contributed by atoms with E-state index in [0.717, 1.165) is 0 Å². The number of methoxy groups -OCH3 is 1. The Labute approximate surface area is 124 Å². The molecule has 0 spiro atoms. The Morgan fingerprint density at radius 3 is 2.80 bits per heavy atom. The molecule has 0 amide bonds. The van der Waals surface area contributed by atoms with Crippen molar-refractivity contribution < 1.29 is 13.2 Å². The number of hydrogen-bond acceptors (Lipinski definition) is 4. The molecule has 0 atom stereocenters. The molecule has 1 rings (SSSR count). The Morgan fingerprint density at radius 2 is 2.25 bits per heavy atom. The van der Waals surface area contributed by atoms with E-state index < -0.39 is 10.0 Å². The molecule has 0 aromatic heterocycles. The van der Waals surface area contributed by atoms with Gasteiger partial charge < -0.3 is 4.74 Å². The number of ether oxygens (including phenoxy) is 1. The fourth-order valence-electron chi connectivity index (χ4n) is 1.56. The summed E-state index contributed by atoms with van der Waals surface area (Å²) in [5, 5.41) is 8.94. The maximum Gasteiger partial charge on any atom is 0.244 e. The molecule has 0 aliphatic heterocycles. The number of rotatable bonds is 7. The van der Waals surface area contributed by atoms with Crippen LogP contribution in [-0.4, -0.2) is 39.5 Å². The third-order valence-corrected chi connectivity index (χ3v) is 4.90. The number of nitriles is 1. The topological polar surface area (TPSA) is 70.4 Å². The fourth-order valence-corrected chi connectivity index (χ4v) is 3.45. The van der Waals surface area contributed by atoms with Crippen molar-refractivity contribution in [2.75, 3.05) is 26.8 Å². The standard InChI is InChI=1S/C13H15ClN2O3S/c1-3-6-16(7-8-19-2)20(17,18)13-9-11(10-15)4-5-12(13)14/h3-5,9H,1,6-8H2,2H3. The lowest BCUT2D eigenvalue weighted by Gasteiger charge is -2.21. The van der Waals surface area contributed by atoms with Crippen LogP contribution < -0.4 is 0 Å². The van der Waals surface area contributed by atoms with E-state index in [4.69, 9.17) is 21.6 Å². The molecule has 0 aliphatic carbocycles. The van der Waals surface area contributed by atoms with Crippen molar-refractivity contribution in [3.63, 3.8) is 0 Å². The second-order valence-electron chi connectivity index (χ2n) is 3.90. The van der Waals surface area contributed by atoms with Gasteiger partial charge in [-0.25, -0.2) is 8.42 Å². The van der Waals surface area contributed by atoms with E-state index in [1.165, 1.54) is 35.7 Å². The quantitative estimate of drug-likeness (QED) is 0.722. The van der Waals surface area contributed by atoms with Crippen LogP contribution in [-0.2, 0) is 14.8 Å². The number of nitrogens with zero attached hydrogens (tertiary/aromatic N) is 2. The average molecular weight is 315 g/mol. The molecule has 0 saturated heterocycles. The predicted octanol–water partition coefficient (Wildman–Crippen LogP) is 2.03. The number of halogens is 1. The zero-order valence-electron chi connectivity index (χ0n) is 11.0. The van der Waals surface area contributed by atoms with E-state index in [-0.39, 0.29) is 35.2 Å². The lowest BCUT2D eigenvalue weighted by Crippen LogP contribution is -2.34. The van der Waals surface area contributed by atoms with Gasteiger partial charge >= 0.3 is 0 Å². The highest BCUT2D eigenvalue weighted by Gasteiger charge is 2.26. The molecular weight excluding hydrogens is 300 g/mol. The lowest BCUT2D eigenvalue weighted by atomic mass is 10.2. The molecular formula is C13H15ClN2O3S. The van der Waals surface area contributed by atoms with Gasteiger partial charge in [-0.3, -0.25) is 0 Å². The van der Waals surface area contributed by atoms with E-state index in [0.29, 0.717) is 0 Å². The molecule has 20 heavy (non-hydrogen) atoms. The maximum atomic E-state index is 12.5. The van der Waals surface area contributed by atoms with Gasteiger partial charge in [-0.1, -0.05) is 17.7 Å². The predicted molar refractivity (Wildman–Crippen MR) is 77.0 cm³/mol. The van der Waals surface area contributed by atoms with Crippen molar-refractivity contribution in [1.82, 2.24) is 4.31 Å². The van der Waals surface area contributed by atoms with E-state index in [1.54, 1.807) is 0 Å². The summed E-state index contributed by atoms with van der Waals surface area (Å²) in [5.74, 6) is 0. The van der Waals surface area contributed by atoms with Gasteiger partial charge in [0.15, 0.2) is 0 Å². The minimum atomic E-state index is -3.80. The van der Waals surface area contributed by atoms with Gasteiger partial charge in [-0.05, 0) is 18.2 Å². The van der Waals surface area contributed by atoms with Gasteiger partial charge in [-0.2, -0.15) is 9.57 Å². The molecule has 1 aromatic carbocycles. The monoisotopic (exact) mass is 314 g/mol. The third kappa shape index (κ3) is 3.81. The van der Waals surface area contributed by atoms with Gasteiger partial charge in [0.2, 0.25) is 10.0 Å². The fraction of sp³-hybridized carbons (Fsp3) is 0.308. The number of benzene rings is 1. The van der Waals surface area contributed by atoms with Crippen LogP contribution in [0.2, 0.25) is 5.02 Å². The van der Waals surface area contributed by atoms with E-state index in [9.17, 15) is 8.42 Å². The van der Waals surface area contributed by atoms with Crippen molar-refractivity contribution in [2.45, 2.75) is 4.90 Å². The average Bonchev–Trinajstić information content (AvgIpc) is 2.43. The van der Waals surface area contributed by atoms with E-state index >= 15 is 0 Å². The first-order chi connectivity index (χ1) is 9.47. The first kappa shape index (κ1) is 16.7. The highest BCUT2D eigenvalue weighted by Crippen LogP contribution is 2.25. The van der Waals surface area contributed by atoms with Crippen LogP contribution in [0.3, 0.4) is 0 Å². The summed E-state index contributed by atoms with van der Waals surface area (Å²) in [7, 11) is -2.31. The van der Waals surface area contributed by atoms with Gasteiger partial charge in [0.1, 0.15) is 4.90 Å². The summed E-state index contributed by atoms with van der Waals surface area (Å²) < 4.78 is 31.2. The van der Waals surface area contributed by atoms with Crippen molar-refractivity contribution >= 4 is 21.6 Å². The van der Waals surface area contributed by atoms with Crippen LogP contribution in [0.4, 0.5) is 0 Å². The Bertz CT molecular complexity index is 623. The molecule has 0 bridgehead atoms. The minimum absolute atomic E-state index is 0.0791. The summed E-state index contributed by atoms with van der Waals surface area (Å²) in [5.41, 5.74) is 0.235. The summed E-state index contributed by atoms with van der Waals surface area (Å²) in [6, 6.07) is 6.02. The molecule has 108 valence electrons. The molecule has 0 radical (unpaired) electrons. The molecule has 0 heterocycles.